The number of sulfonamides is 1. The van der Waals surface area contributed by atoms with E-state index in [4.69, 9.17) is 11.1 Å². The molecule has 1 amide bonds. The van der Waals surface area contributed by atoms with E-state index in [0.29, 0.717) is 22.3 Å². The number of nitrogens with one attached hydrogen (secondary N) is 3. The maximum atomic E-state index is 13.9. The van der Waals surface area contributed by atoms with Gasteiger partial charge >= 0.3 is 0 Å². The highest BCUT2D eigenvalue weighted by Crippen LogP contribution is 2.25. The van der Waals surface area contributed by atoms with Gasteiger partial charge in [-0.3, -0.25) is 10.2 Å². The molecule has 1 atom stereocenters. The standard InChI is InChI=1S/C25H24FN5O3S/c1-35(33,34)31-23(13-17-4-2-5-19(12-17)24(28)29)25(32)30-15-16-8-10-18(11-9-16)20-6-3-7-22(26)21(20)14-27/h2-12,23,31H,13,15H2,1H3,(H3,28,29)(H,30,32)/t23-/m0/s1. The van der Waals surface area contributed by atoms with Crippen molar-refractivity contribution < 1.29 is 17.6 Å². The Balaban J connectivity index is 1.72. The molecule has 0 aliphatic heterocycles. The van der Waals surface area contributed by atoms with Crippen LogP contribution in [-0.4, -0.2) is 32.5 Å². The van der Waals surface area contributed by atoms with E-state index in [1.807, 2.05) is 6.07 Å². The normalized spacial score (nSPS) is 11.9. The average Bonchev–Trinajstić information content (AvgIpc) is 2.81. The van der Waals surface area contributed by atoms with Gasteiger partial charge in [0.1, 0.15) is 23.8 Å². The smallest absolute Gasteiger partial charge is 0.238 e. The Kier molecular flexibility index (Phi) is 7.96. The zero-order chi connectivity index (χ0) is 25.6. The largest absolute Gasteiger partial charge is 0.384 e. The molecule has 0 heterocycles. The van der Waals surface area contributed by atoms with Crippen molar-refractivity contribution in [3.8, 4) is 17.2 Å². The highest BCUT2D eigenvalue weighted by Gasteiger charge is 2.22. The highest BCUT2D eigenvalue weighted by atomic mass is 32.2. The van der Waals surface area contributed by atoms with E-state index in [-0.39, 0.29) is 24.4 Å². The maximum absolute atomic E-state index is 13.9. The number of amides is 1. The molecule has 8 nitrogen and oxygen atoms in total. The van der Waals surface area contributed by atoms with Crippen LogP contribution >= 0.6 is 0 Å². The van der Waals surface area contributed by atoms with Crippen LogP contribution < -0.4 is 15.8 Å². The summed E-state index contributed by atoms with van der Waals surface area (Å²) < 4.78 is 39.9. The van der Waals surface area contributed by atoms with Gasteiger partial charge in [0.2, 0.25) is 15.9 Å². The minimum absolute atomic E-state index is 0.0444. The summed E-state index contributed by atoms with van der Waals surface area (Å²) in [4.78, 5) is 12.8. The predicted molar refractivity (Wildman–Crippen MR) is 131 cm³/mol. The van der Waals surface area contributed by atoms with E-state index in [1.54, 1.807) is 54.6 Å². The van der Waals surface area contributed by atoms with Crippen molar-refractivity contribution in [2.75, 3.05) is 6.26 Å². The number of carbonyl (C=O) groups excluding carboxylic acids is 1. The number of nitrogens with two attached hydrogens (primary N) is 1. The van der Waals surface area contributed by atoms with Crippen LogP contribution in [0.1, 0.15) is 22.3 Å². The Morgan fingerprint density at radius 1 is 1.11 bits per heavy atom. The zero-order valence-electron chi connectivity index (χ0n) is 18.9. The van der Waals surface area contributed by atoms with Crippen LogP contribution in [0.25, 0.3) is 11.1 Å². The van der Waals surface area contributed by atoms with Crippen molar-refractivity contribution in [3.63, 3.8) is 0 Å². The molecule has 0 aliphatic rings. The fraction of sp³-hybridized carbons (Fsp3) is 0.160. The Morgan fingerprint density at radius 3 is 2.43 bits per heavy atom. The number of amidine groups is 1. The third kappa shape index (κ3) is 6.96. The van der Waals surface area contributed by atoms with Gasteiger partial charge in [-0.1, -0.05) is 54.6 Å². The first-order valence-corrected chi connectivity index (χ1v) is 12.4. The molecule has 0 saturated carbocycles. The number of halogens is 1. The lowest BCUT2D eigenvalue weighted by Crippen LogP contribution is -2.47. The summed E-state index contributed by atoms with van der Waals surface area (Å²) in [6.45, 7) is 0.128. The van der Waals surface area contributed by atoms with Crippen LogP contribution in [0.5, 0.6) is 0 Å². The van der Waals surface area contributed by atoms with Crippen molar-refractivity contribution >= 4 is 21.8 Å². The lowest BCUT2D eigenvalue weighted by molar-refractivity contribution is -0.122. The molecule has 0 fully saturated rings. The van der Waals surface area contributed by atoms with E-state index in [0.717, 1.165) is 11.8 Å². The molecule has 0 aromatic heterocycles. The molecular weight excluding hydrogens is 469 g/mol. The monoisotopic (exact) mass is 493 g/mol. The van der Waals surface area contributed by atoms with Gasteiger partial charge in [-0.15, -0.1) is 0 Å². The SMILES string of the molecule is CS(=O)(=O)N[C@@H](Cc1cccc(C(=N)N)c1)C(=O)NCc1ccc(-c2cccc(F)c2C#N)cc1. The van der Waals surface area contributed by atoms with Crippen molar-refractivity contribution in [1.29, 1.82) is 10.7 Å². The molecule has 0 bridgehead atoms. The molecule has 0 radical (unpaired) electrons. The van der Waals surface area contributed by atoms with Crippen molar-refractivity contribution in [3.05, 3.63) is 94.8 Å². The number of benzene rings is 3. The molecule has 3 rings (SSSR count). The van der Waals surface area contributed by atoms with E-state index < -0.39 is 27.8 Å². The first kappa shape index (κ1) is 25.6. The minimum atomic E-state index is -3.68. The number of rotatable bonds is 9. The number of hydrogen-bond acceptors (Lipinski definition) is 5. The molecular formula is C25H24FN5O3S. The summed E-state index contributed by atoms with van der Waals surface area (Å²) in [5, 5.41) is 19.5. The summed E-state index contributed by atoms with van der Waals surface area (Å²) in [7, 11) is -3.68. The fourth-order valence-electron chi connectivity index (χ4n) is 3.54. The Labute approximate surface area is 203 Å². The molecule has 3 aromatic carbocycles. The third-order valence-corrected chi connectivity index (χ3v) is 5.92. The minimum Gasteiger partial charge on any atom is -0.384 e. The molecule has 5 N–H and O–H groups in total. The zero-order valence-corrected chi connectivity index (χ0v) is 19.7. The maximum Gasteiger partial charge on any atom is 0.238 e. The first-order chi connectivity index (χ1) is 16.6. The van der Waals surface area contributed by atoms with Crippen molar-refractivity contribution in [2.45, 2.75) is 19.0 Å². The summed E-state index contributed by atoms with van der Waals surface area (Å²) in [6.07, 6.45) is 1.04. The lowest BCUT2D eigenvalue weighted by Gasteiger charge is -2.18. The number of carbonyl (C=O) groups is 1. The molecule has 180 valence electrons. The van der Waals surface area contributed by atoms with Crippen LogP contribution in [0.2, 0.25) is 0 Å². The molecule has 0 saturated heterocycles. The quantitative estimate of drug-likeness (QED) is 0.267. The van der Waals surface area contributed by atoms with Crippen LogP contribution in [0.3, 0.4) is 0 Å². The highest BCUT2D eigenvalue weighted by molar-refractivity contribution is 7.88. The van der Waals surface area contributed by atoms with Gasteiger partial charge < -0.3 is 11.1 Å². The average molecular weight is 494 g/mol. The van der Waals surface area contributed by atoms with Crippen molar-refractivity contribution in [2.24, 2.45) is 5.73 Å². The van der Waals surface area contributed by atoms with Gasteiger partial charge in [0.25, 0.3) is 0 Å². The topological polar surface area (TPSA) is 149 Å². The molecule has 0 aliphatic carbocycles. The van der Waals surface area contributed by atoms with Crippen molar-refractivity contribution in [1.82, 2.24) is 10.0 Å². The number of nitriles is 1. The Morgan fingerprint density at radius 2 is 1.80 bits per heavy atom. The van der Waals surface area contributed by atoms with E-state index in [1.165, 1.54) is 12.1 Å². The predicted octanol–water partition coefficient (Wildman–Crippen LogP) is 2.43. The van der Waals surface area contributed by atoms with Gasteiger partial charge in [-0.2, -0.15) is 5.26 Å². The number of nitrogens with zero attached hydrogens (tertiary/aromatic N) is 1. The van der Waals surface area contributed by atoms with E-state index in [9.17, 15) is 22.9 Å². The molecule has 0 unspecified atom stereocenters. The summed E-state index contributed by atoms with van der Waals surface area (Å²) in [5.74, 6) is -1.25. The Bertz CT molecular complexity index is 1400. The molecule has 0 spiro atoms. The van der Waals surface area contributed by atoms with Crippen LogP contribution in [0, 0.1) is 22.6 Å². The van der Waals surface area contributed by atoms with Crippen LogP contribution in [0.15, 0.2) is 66.7 Å². The van der Waals surface area contributed by atoms with Crippen LogP contribution in [-0.2, 0) is 27.8 Å². The van der Waals surface area contributed by atoms with Crippen LogP contribution in [0.4, 0.5) is 4.39 Å². The molecule has 3 aromatic rings. The summed E-state index contributed by atoms with van der Waals surface area (Å²) in [5.41, 5.74) is 8.43. The number of nitrogen functional groups attached to an aromatic ring is 1. The number of hydrogen-bond donors (Lipinski definition) is 4. The van der Waals surface area contributed by atoms with Gasteiger partial charge in [0, 0.05) is 17.7 Å². The molecule has 10 heteroatoms. The van der Waals surface area contributed by atoms with E-state index in [2.05, 4.69) is 10.0 Å². The van der Waals surface area contributed by atoms with Gasteiger partial charge in [0.15, 0.2) is 0 Å². The summed E-state index contributed by atoms with van der Waals surface area (Å²) in [6, 6.07) is 18.8. The Hall–Kier alpha value is -4.07. The fourth-order valence-corrected chi connectivity index (χ4v) is 4.25. The second kappa shape index (κ2) is 10.9. The second-order valence-electron chi connectivity index (χ2n) is 7.95. The first-order valence-electron chi connectivity index (χ1n) is 10.5. The van der Waals surface area contributed by atoms with Gasteiger partial charge in [-0.25, -0.2) is 17.5 Å². The van der Waals surface area contributed by atoms with Gasteiger partial charge in [0.05, 0.1) is 11.8 Å². The van der Waals surface area contributed by atoms with E-state index >= 15 is 0 Å². The third-order valence-electron chi connectivity index (χ3n) is 5.21. The second-order valence-corrected chi connectivity index (χ2v) is 9.73. The molecule has 35 heavy (non-hydrogen) atoms. The lowest BCUT2D eigenvalue weighted by atomic mass is 9.99. The summed E-state index contributed by atoms with van der Waals surface area (Å²) >= 11 is 0. The van der Waals surface area contributed by atoms with Gasteiger partial charge in [-0.05, 0) is 35.2 Å².